The molecule has 0 heterocycles. The number of rotatable bonds is 7. The number of amides is 1. The molecule has 1 aliphatic rings. The summed E-state index contributed by atoms with van der Waals surface area (Å²) in [5.74, 6) is 0.145. The van der Waals surface area contributed by atoms with Crippen LogP contribution in [0, 0.1) is 5.41 Å². The lowest BCUT2D eigenvalue weighted by Gasteiger charge is -2.27. The lowest BCUT2D eigenvalue weighted by atomic mass is 9.84. The van der Waals surface area contributed by atoms with Gasteiger partial charge in [-0.2, -0.15) is 0 Å². The molecule has 0 saturated heterocycles. The molecule has 18 heavy (non-hydrogen) atoms. The van der Waals surface area contributed by atoms with Crippen LogP contribution >= 0.6 is 0 Å². The van der Waals surface area contributed by atoms with Gasteiger partial charge in [-0.05, 0) is 45.8 Å². The second kappa shape index (κ2) is 7.10. The van der Waals surface area contributed by atoms with E-state index in [9.17, 15) is 4.79 Å². The van der Waals surface area contributed by atoms with Gasteiger partial charge in [-0.25, -0.2) is 0 Å². The highest BCUT2D eigenvalue weighted by atomic mass is 16.2. The smallest absolute Gasteiger partial charge is 0.227 e. The van der Waals surface area contributed by atoms with Crippen molar-refractivity contribution in [1.29, 1.82) is 0 Å². The van der Waals surface area contributed by atoms with Gasteiger partial charge in [-0.1, -0.05) is 20.3 Å². The summed E-state index contributed by atoms with van der Waals surface area (Å²) >= 11 is 0. The molecule has 1 fully saturated rings. The van der Waals surface area contributed by atoms with Gasteiger partial charge in [0, 0.05) is 12.6 Å². The van der Waals surface area contributed by atoms with Gasteiger partial charge in [0.25, 0.3) is 0 Å². The topological polar surface area (TPSA) is 58.4 Å². The Bertz CT molecular complexity index is 266. The van der Waals surface area contributed by atoms with Crippen LogP contribution in [0.15, 0.2) is 0 Å². The first-order valence-corrected chi connectivity index (χ1v) is 7.30. The number of nitrogens with two attached hydrogens (primary N) is 1. The highest BCUT2D eigenvalue weighted by molar-refractivity contribution is 5.83. The fraction of sp³-hybridized carbons (Fsp3) is 0.929. The van der Waals surface area contributed by atoms with Crippen LogP contribution in [0.1, 0.15) is 46.5 Å². The fourth-order valence-corrected chi connectivity index (χ4v) is 2.72. The third-order valence-corrected chi connectivity index (χ3v) is 4.38. The molecule has 2 atom stereocenters. The van der Waals surface area contributed by atoms with Crippen LogP contribution in [0.2, 0.25) is 0 Å². The average Bonchev–Trinajstić information content (AvgIpc) is 2.71. The monoisotopic (exact) mass is 255 g/mol. The second-order valence-electron chi connectivity index (χ2n) is 5.55. The van der Waals surface area contributed by atoms with Crippen molar-refractivity contribution in [3.8, 4) is 0 Å². The summed E-state index contributed by atoms with van der Waals surface area (Å²) in [6.45, 7) is 10.3. The molecule has 0 aliphatic heterocycles. The van der Waals surface area contributed by atoms with E-state index < -0.39 is 0 Å². The Morgan fingerprint density at radius 2 is 2.11 bits per heavy atom. The maximum atomic E-state index is 12.2. The molecule has 4 heteroatoms. The Balaban J connectivity index is 2.25. The van der Waals surface area contributed by atoms with E-state index in [1.807, 2.05) is 6.92 Å². The van der Waals surface area contributed by atoms with E-state index in [2.05, 4.69) is 24.1 Å². The molecule has 0 radical (unpaired) electrons. The van der Waals surface area contributed by atoms with Crippen molar-refractivity contribution >= 4 is 5.91 Å². The Labute approximate surface area is 111 Å². The maximum absolute atomic E-state index is 12.2. The minimum atomic E-state index is -0.338. The molecule has 0 aromatic carbocycles. The number of hydrogen-bond donors (Lipinski definition) is 2. The predicted octanol–water partition coefficient (Wildman–Crippen LogP) is 1.35. The minimum absolute atomic E-state index is 0.0280. The molecule has 0 bridgehead atoms. The van der Waals surface area contributed by atoms with Crippen LogP contribution in [0.4, 0.5) is 0 Å². The van der Waals surface area contributed by atoms with Crippen LogP contribution in [0.3, 0.4) is 0 Å². The lowest BCUT2D eigenvalue weighted by Crippen LogP contribution is -2.47. The quantitative estimate of drug-likeness (QED) is 0.675. The summed E-state index contributed by atoms with van der Waals surface area (Å²) in [5.41, 5.74) is 5.70. The summed E-state index contributed by atoms with van der Waals surface area (Å²) in [6, 6.07) is 0.0280. The summed E-state index contributed by atoms with van der Waals surface area (Å²) in [6.07, 6.45) is 3.99. The van der Waals surface area contributed by atoms with Crippen molar-refractivity contribution in [2.45, 2.75) is 52.5 Å². The molecule has 0 aromatic heterocycles. The predicted molar refractivity (Wildman–Crippen MR) is 75.3 cm³/mol. The van der Waals surface area contributed by atoms with Crippen LogP contribution < -0.4 is 11.1 Å². The zero-order chi connectivity index (χ0) is 13.6. The molecule has 106 valence electrons. The number of carbonyl (C=O) groups is 1. The number of nitrogens with zero attached hydrogens (tertiary/aromatic N) is 1. The first kappa shape index (κ1) is 15.4. The van der Waals surface area contributed by atoms with Crippen LogP contribution in [-0.2, 0) is 4.79 Å². The van der Waals surface area contributed by atoms with Gasteiger partial charge in [-0.3, -0.25) is 4.79 Å². The van der Waals surface area contributed by atoms with Gasteiger partial charge >= 0.3 is 0 Å². The standard InChI is InChI=1S/C14H29N3O/c1-4-17(5-2)11-7-10-16-13(18)14(3)9-6-8-12(14)15/h12H,4-11,15H2,1-3H3,(H,16,18). The van der Waals surface area contributed by atoms with Crippen molar-refractivity contribution in [1.82, 2.24) is 10.2 Å². The molecule has 1 rings (SSSR count). The summed E-state index contributed by atoms with van der Waals surface area (Å²) in [5, 5.41) is 3.05. The van der Waals surface area contributed by atoms with Crippen molar-refractivity contribution < 1.29 is 4.79 Å². The second-order valence-corrected chi connectivity index (χ2v) is 5.55. The molecule has 1 amide bonds. The van der Waals surface area contributed by atoms with Crippen LogP contribution in [-0.4, -0.2) is 43.0 Å². The van der Waals surface area contributed by atoms with E-state index >= 15 is 0 Å². The van der Waals surface area contributed by atoms with Gasteiger partial charge in [0.2, 0.25) is 5.91 Å². The Morgan fingerprint density at radius 1 is 1.44 bits per heavy atom. The molecule has 4 nitrogen and oxygen atoms in total. The Kier molecular flexibility index (Phi) is 6.09. The summed E-state index contributed by atoms with van der Waals surface area (Å²) in [7, 11) is 0. The normalized spacial score (nSPS) is 27.7. The number of carbonyl (C=O) groups excluding carboxylic acids is 1. The third kappa shape index (κ3) is 3.69. The van der Waals surface area contributed by atoms with Gasteiger partial charge < -0.3 is 16.0 Å². The van der Waals surface area contributed by atoms with Crippen molar-refractivity contribution in [3.63, 3.8) is 0 Å². The van der Waals surface area contributed by atoms with E-state index in [0.29, 0.717) is 0 Å². The Morgan fingerprint density at radius 3 is 2.61 bits per heavy atom. The van der Waals surface area contributed by atoms with Crippen molar-refractivity contribution in [3.05, 3.63) is 0 Å². The highest BCUT2D eigenvalue weighted by Gasteiger charge is 2.42. The molecule has 2 unspecified atom stereocenters. The van der Waals surface area contributed by atoms with E-state index in [1.165, 1.54) is 0 Å². The van der Waals surface area contributed by atoms with E-state index in [1.54, 1.807) is 0 Å². The zero-order valence-corrected chi connectivity index (χ0v) is 12.2. The van der Waals surface area contributed by atoms with Crippen LogP contribution in [0.25, 0.3) is 0 Å². The molecular weight excluding hydrogens is 226 g/mol. The summed E-state index contributed by atoms with van der Waals surface area (Å²) < 4.78 is 0. The van der Waals surface area contributed by atoms with E-state index in [0.717, 1.165) is 51.9 Å². The van der Waals surface area contributed by atoms with Crippen LogP contribution in [0.5, 0.6) is 0 Å². The molecule has 1 saturated carbocycles. The van der Waals surface area contributed by atoms with Gasteiger partial charge in [0.1, 0.15) is 0 Å². The summed E-state index contributed by atoms with van der Waals surface area (Å²) in [4.78, 5) is 14.5. The lowest BCUT2D eigenvalue weighted by molar-refractivity contribution is -0.130. The fourth-order valence-electron chi connectivity index (χ4n) is 2.72. The molecule has 1 aliphatic carbocycles. The van der Waals surface area contributed by atoms with E-state index in [4.69, 9.17) is 5.73 Å². The average molecular weight is 255 g/mol. The SMILES string of the molecule is CCN(CC)CCCNC(=O)C1(C)CCCC1N. The van der Waals surface area contributed by atoms with Gasteiger partial charge in [0.15, 0.2) is 0 Å². The highest BCUT2D eigenvalue weighted by Crippen LogP contribution is 2.36. The number of nitrogens with one attached hydrogen (secondary N) is 1. The van der Waals surface area contributed by atoms with Crippen molar-refractivity contribution in [2.24, 2.45) is 11.1 Å². The maximum Gasteiger partial charge on any atom is 0.227 e. The number of hydrogen-bond acceptors (Lipinski definition) is 3. The van der Waals surface area contributed by atoms with E-state index in [-0.39, 0.29) is 17.4 Å². The molecule has 0 spiro atoms. The largest absolute Gasteiger partial charge is 0.356 e. The Hall–Kier alpha value is -0.610. The first-order valence-electron chi connectivity index (χ1n) is 7.30. The molecule has 3 N–H and O–H groups in total. The molecular formula is C14H29N3O. The zero-order valence-electron chi connectivity index (χ0n) is 12.2. The molecule has 0 aromatic rings. The third-order valence-electron chi connectivity index (χ3n) is 4.38. The van der Waals surface area contributed by atoms with Gasteiger partial charge in [0.05, 0.1) is 5.41 Å². The van der Waals surface area contributed by atoms with Gasteiger partial charge in [-0.15, -0.1) is 0 Å². The van der Waals surface area contributed by atoms with Crippen molar-refractivity contribution in [2.75, 3.05) is 26.2 Å². The first-order chi connectivity index (χ1) is 8.54. The minimum Gasteiger partial charge on any atom is -0.356 e.